The molecule has 1 aliphatic rings. The summed E-state index contributed by atoms with van der Waals surface area (Å²) in [6, 6.07) is 13.0. The minimum atomic E-state index is -0.220. The lowest BCUT2D eigenvalue weighted by Crippen LogP contribution is -2.42. The lowest BCUT2D eigenvalue weighted by molar-refractivity contribution is 0.0421. The Hall–Kier alpha value is -2.47. The molecule has 3 rings (SSSR count). The first kappa shape index (κ1) is 17.4. The van der Waals surface area contributed by atoms with Crippen LogP contribution < -0.4 is 5.56 Å². The van der Waals surface area contributed by atoms with E-state index in [2.05, 4.69) is 5.10 Å². The van der Waals surface area contributed by atoms with E-state index in [1.165, 1.54) is 16.8 Å². The van der Waals surface area contributed by atoms with Gasteiger partial charge in [-0.2, -0.15) is 5.10 Å². The highest BCUT2D eigenvalue weighted by Gasteiger charge is 2.25. The maximum absolute atomic E-state index is 12.6. The van der Waals surface area contributed by atoms with Crippen LogP contribution in [0.25, 0.3) is 0 Å². The SMILES string of the molecule is Cn1nc(C(=O)N2CCCC(COCc3ccccc3)C2)ccc1=O. The largest absolute Gasteiger partial charge is 0.376 e. The molecule has 0 aliphatic carbocycles. The number of nitrogens with zero attached hydrogens (tertiary/aromatic N) is 3. The first-order chi connectivity index (χ1) is 12.1. The third-order valence-corrected chi connectivity index (χ3v) is 4.45. The van der Waals surface area contributed by atoms with E-state index < -0.39 is 0 Å². The van der Waals surface area contributed by atoms with Gasteiger partial charge in [-0.15, -0.1) is 0 Å². The minimum Gasteiger partial charge on any atom is -0.376 e. The molecule has 1 fully saturated rings. The van der Waals surface area contributed by atoms with Crippen LogP contribution in [0.4, 0.5) is 0 Å². The van der Waals surface area contributed by atoms with Crippen molar-refractivity contribution in [3.63, 3.8) is 0 Å². The zero-order valence-corrected chi connectivity index (χ0v) is 14.4. The van der Waals surface area contributed by atoms with Crippen molar-refractivity contribution in [2.75, 3.05) is 19.7 Å². The van der Waals surface area contributed by atoms with Crippen molar-refractivity contribution in [1.29, 1.82) is 0 Å². The molecule has 1 unspecified atom stereocenters. The molecule has 0 bridgehead atoms. The second-order valence-corrected chi connectivity index (χ2v) is 6.44. The summed E-state index contributed by atoms with van der Waals surface area (Å²) < 4.78 is 7.02. The van der Waals surface area contributed by atoms with Gasteiger partial charge in [0.15, 0.2) is 0 Å². The molecule has 1 aromatic heterocycles. The monoisotopic (exact) mass is 341 g/mol. The zero-order chi connectivity index (χ0) is 17.6. The Bertz CT molecular complexity index is 773. The van der Waals surface area contributed by atoms with Crippen molar-refractivity contribution in [2.24, 2.45) is 13.0 Å². The van der Waals surface area contributed by atoms with Crippen molar-refractivity contribution >= 4 is 5.91 Å². The number of hydrogen-bond donors (Lipinski definition) is 0. The predicted octanol–water partition coefficient (Wildman–Crippen LogP) is 1.85. The topological polar surface area (TPSA) is 64.4 Å². The summed E-state index contributed by atoms with van der Waals surface area (Å²) in [7, 11) is 1.55. The van der Waals surface area contributed by atoms with Crippen LogP contribution in [0.3, 0.4) is 0 Å². The lowest BCUT2D eigenvalue weighted by Gasteiger charge is -2.32. The van der Waals surface area contributed by atoms with Gasteiger partial charge in [0.1, 0.15) is 5.69 Å². The lowest BCUT2D eigenvalue weighted by atomic mass is 9.98. The zero-order valence-electron chi connectivity index (χ0n) is 14.4. The third-order valence-electron chi connectivity index (χ3n) is 4.45. The van der Waals surface area contributed by atoms with Crippen molar-refractivity contribution in [2.45, 2.75) is 19.4 Å². The maximum atomic E-state index is 12.6. The van der Waals surface area contributed by atoms with Gasteiger partial charge in [-0.25, -0.2) is 4.68 Å². The highest BCUT2D eigenvalue weighted by molar-refractivity contribution is 5.92. The van der Waals surface area contributed by atoms with Gasteiger partial charge >= 0.3 is 0 Å². The number of hydrogen-bond acceptors (Lipinski definition) is 4. The Morgan fingerprint density at radius 2 is 2.04 bits per heavy atom. The van der Waals surface area contributed by atoms with E-state index in [1.807, 2.05) is 35.2 Å². The number of ether oxygens (including phenoxy) is 1. The number of benzene rings is 1. The molecule has 1 atom stereocenters. The fourth-order valence-electron chi connectivity index (χ4n) is 3.08. The second-order valence-electron chi connectivity index (χ2n) is 6.44. The van der Waals surface area contributed by atoms with E-state index in [0.29, 0.717) is 31.4 Å². The van der Waals surface area contributed by atoms with Crippen LogP contribution in [0.1, 0.15) is 28.9 Å². The fraction of sp³-hybridized carbons (Fsp3) is 0.421. The summed E-state index contributed by atoms with van der Waals surface area (Å²) >= 11 is 0. The van der Waals surface area contributed by atoms with Crippen LogP contribution in [0.2, 0.25) is 0 Å². The van der Waals surface area contributed by atoms with Gasteiger partial charge in [0.2, 0.25) is 0 Å². The molecule has 1 saturated heterocycles. The number of aromatic nitrogens is 2. The number of carbonyl (C=O) groups excluding carboxylic acids is 1. The normalized spacial score (nSPS) is 17.5. The van der Waals surface area contributed by atoms with Crippen LogP contribution in [-0.4, -0.2) is 40.3 Å². The Labute approximate surface area is 147 Å². The summed E-state index contributed by atoms with van der Waals surface area (Å²) in [5.41, 5.74) is 1.25. The van der Waals surface area contributed by atoms with Crippen LogP contribution in [-0.2, 0) is 18.4 Å². The third kappa shape index (κ3) is 4.54. The molecule has 6 nitrogen and oxygen atoms in total. The Balaban J connectivity index is 1.54. The molecule has 6 heteroatoms. The Kier molecular flexibility index (Phi) is 5.60. The molecule has 132 valence electrons. The summed E-state index contributed by atoms with van der Waals surface area (Å²) in [6.45, 7) is 2.61. The van der Waals surface area contributed by atoms with Crippen molar-refractivity contribution in [1.82, 2.24) is 14.7 Å². The summed E-state index contributed by atoms with van der Waals surface area (Å²) in [6.07, 6.45) is 2.01. The molecule has 25 heavy (non-hydrogen) atoms. The number of carbonyl (C=O) groups is 1. The number of amides is 1. The molecule has 0 N–H and O–H groups in total. The van der Waals surface area contributed by atoms with Crippen molar-refractivity contribution in [3.05, 3.63) is 64.1 Å². The van der Waals surface area contributed by atoms with Gasteiger partial charge in [-0.3, -0.25) is 9.59 Å². The van der Waals surface area contributed by atoms with Gasteiger partial charge in [-0.1, -0.05) is 30.3 Å². The average molecular weight is 341 g/mol. The number of piperidine rings is 1. The quantitative estimate of drug-likeness (QED) is 0.832. The van der Waals surface area contributed by atoms with E-state index in [0.717, 1.165) is 24.9 Å². The summed E-state index contributed by atoms with van der Waals surface area (Å²) in [5, 5.41) is 4.06. The van der Waals surface area contributed by atoms with Crippen LogP contribution >= 0.6 is 0 Å². The Morgan fingerprint density at radius 3 is 2.80 bits per heavy atom. The van der Waals surface area contributed by atoms with Gasteiger partial charge in [0, 0.05) is 26.2 Å². The minimum absolute atomic E-state index is 0.122. The van der Waals surface area contributed by atoms with Gasteiger partial charge in [0.05, 0.1) is 13.2 Å². The number of rotatable bonds is 5. The van der Waals surface area contributed by atoms with Gasteiger partial charge in [0.25, 0.3) is 11.5 Å². The second kappa shape index (κ2) is 8.07. The molecule has 1 aliphatic heterocycles. The van der Waals surface area contributed by atoms with Gasteiger partial charge in [-0.05, 0) is 30.4 Å². The maximum Gasteiger partial charge on any atom is 0.274 e. The van der Waals surface area contributed by atoms with E-state index in [4.69, 9.17) is 4.74 Å². The van der Waals surface area contributed by atoms with Crippen molar-refractivity contribution in [3.8, 4) is 0 Å². The number of aryl methyl sites for hydroxylation is 1. The molecule has 0 spiro atoms. The smallest absolute Gasteiger partial charge is 0.274 e. The van der Waals surface area contributed by atoms with E-state index in [1.54, 1.807) is 7.05 Å². The molecular weight excluding hydrogens is 318 g/mol. The van der Waals surface area contributed by atoms with Gasteiger partial charge < -0.3 is 9.64 Å². The highest BCUT2D eigenvalue weighted by atomic mass is 16.5. The van der Waals surface area contributed by atoms with Crippen LogP contribution in [0.15, 0.2) is 47.3 Å². The molecule has 0 radical (unpaired) electrons. The molecule has 0 saturated carbocycles. The first-order valence-corrected chi connectivity index (χ1v) is 8.59. The van der Waals surface area contributed by atoms with Crippen LogP contribution in [0, 0.1) is 5.92 Å². The predicted molar refractivity (Wildman–Crippen MR) is 94.2 cm³/mol. The summed E-state index contributed by atoms with van der Waals surface area (Å²) in [4.78, 5) is 25.8. The summed E-state index contributed by atoms with van der Waals surface area (Å²) in [5.74, 6) is 0.206. The molecule has 1 amide bonds. The van der Waals surface area contributed by atoms with E-state index in [9.17, 15) is 9.59 Å². The first-order valence-electron chi connectivity index (χ1n) is 8.59. The fourth-order valence-corrected chi connectivity index (χ4v) is 3.08. The molecule has 2 heterocycles. The van der Waals surface area contributed by atoms with Crippen LogP contribution in [0.5, 0.6) is 0 Å². The molecule has 1 aromatic carbocycles. The highest BCUT2D eigenvalue weighted by Crippen LogP contribution is 2.19. The average Bonchev–Trinajstić information content (AvgIpc) is 2.64. The molecule has 2 aromatic rings. The van der Waals surface area contributed by atoms with E-state index in [-0.39, 0.29) is 11.5 Å². The van der Waals surface area contributed by atoms with E-state index >= 15 is 0 Å². The standard InChI is InChI=1S/C19H23N3O3/c1-21-18(23)10-9-17(20-21)19(24)22-11-5-8-16(12-22)14-25-13-15-6-3-2-4-7-15/h2-4,6-7,9-10,16H,5,8,11-14H2,1H3. The molecular formula is C19H23N3O3. The number of likely N-dealkylation sites (tertiary alicyclic amines) is 1. The van der Waals surface area contributed by atoms with Crippen molar-refractivity contribution < 1.29 is 9.53 Å². The Morgan fingerprint density at radius 1 is 1.24 bits per heavy atom.